The van der Waals surface area contributed by atoms with Crippen molar-refractivity contribution in [1.29, 1.82) is 0 Å². The normalized spacial score (nSPS) is 23.2. The van der Waals surface area contributed by atoms with Crippen molar-refractivity contribution in [2.75, 3.05) is 5.73 Å². The first kappa shape index (κ1) is 18.1. The van der Waals surface area contributed by atoms with Crippen LogP contribution in [0.25, 0.3) is 16.5 Å². The molecule has 5 heteroatoms. The maximum absolute atomic E-state index is 9.72. The standard InChI is InChI=1S/C22H28N4O/c1-14(15-7-9-17(27)10-8-15)11-20-24-13-19-21(26-20)18(12-25-22(19)23)16-5-3-2-4-6-16/h5,12-13,15,17,27H,1-4,6-11H2,(H2,23,25). The second-order valence-corrected chi connectivity index (χ2v) is 7.92. The van der Waals surface area contributed by atoms with Gasteiger partial charge in [0, 0.05) is 24.4 Å². The van der Waals surface area contributed by atoms with Crippen molar-refractivity contribution in [3.05, 3.63) is 42.0 Å². The fraction of sp³-hybridized carbons (Fsp3) is 0.500. The van der Waals surface area contributed by atoms with Crippen molar-refractivity contribution in [2.24, 2.45) is 5.92 Å². The quantitative estimate of drug-likeness (QED) is 0.794. The monoisotopic (exact) mass is 364 g/mol. The van der Waals surface area contributed by atoms with E-state index in [1.165, 1.54) is 24.0 Å². The van der Waals surface area contributed by atoms with Gasteiger partial charge in [0.05, 0.1) is 17.0 Å². The van der Waals surface area contributed by atoms with E-state index in [1.807, 2.05) is 12.4 Å². The van der Waals surface area contributed by atoms with Gasteiger partial charge in [0.15, 0.2) is 0 Å². The Balaban J connectivity index is 1.62. The molecule has 0 aliphatic heterocycles. The zero-order valence-electron chi connectivity index (χ0n) is 15.8. The lowest BCUT2D eigenvalue weighted by Gasteiger charge is -2.26. The van der Waals surface area contributed by atoms with Crippen molar-refractivity contribution >= 4 is 22.3 Å². The van der Waals surface area contributed by atoms with Gasteiger partial charge in [-0.1, -0.05) is 18.2 Å². The highest BCUT2D eigenvalue weighted by Crippen LogP contribution is 2.33. The number of aliphatic hydroxyl groups is 1. The van der Waals surface area contributed by atoms with E-state index in [9.17, 15) is 5.11 Å². The van der Waals surface area contributed by atoms with Crippen molar-refractivity contribution in [3.8, 4) is 0 Å². The summed E-state index contributed by atoms with van der Waals surface area (Å²) in [6.07, 6.45) is 14.9. The fourth-order valence-corrected chi connectivity index (χ4v) is 4.31. The van der Waals surface area contributed by atoms with E-state index in [2.05, 4.69) is 22.6 Å². The molecule has 0 radical (unpaired) electrons. The van der Waals surface area contributed by atoms with Crippen LogP contribution in [0.5, 0.6) is 0 Å². The molecule has 1 fully saturated rings. The molecule has 2 aromatic heterocycles. The third-order valence-electron chi connectivity index (χ3n) is 6.00. The number of nitrogens with zero attached hydrogens (tertiary/aromatic N) is 3. The van der Waals surface area contributed by atoms with Crippen LogP contribution in [0.3, 0.4) is 0 Å². The van der Waals surface area contributed by atoms with Gasteiger partial charge in [-0.3, -0.25) is 0 Å². The average Bonchev–Trinajstić information content (AvgIpc) is 2.69. The van der Waals surface area contributed by atoms with Crippen LogP contribution in [0.2, 0.25) is 0 Å². The Labute approximate surface area is 160 Å². The van der Waals surface area contributed by atoms with Gasteiger partial charge in [-0.2, -0.15) is 0 Å². The lowest BCUT2D eigenvalue weighted by atomic mass is 9.82. The van der Waals surface area contributed by atoms with Crippen LogP contribution in [0.15, 0.2) is 30.6 Å². The molecule has 27 heavy (non-hydrogen) atoms. The Morgan fingerprint density at radius 1 is 1.15 bits per heavy atom. The molecule has 2 aliphatic rings. The Kier molecular flexibility index (Phi) is 5.21. The molecule has 0 unspecified atom stereocenters. The largest absolute Gasteiger partial charge is 0.393 e. The molecule has 0 bridgehead atoms. The summed E-state index contributed by atoms with van der Waals surface area (Å²) >= 11 is 0. The summed E-state index contributed by atoms with van der Waals surface area (Å²) in [6.45, 7) is 4.30. The minimum atomic E-state index is -0.146. The maximum Gasteiger partial charge on any atom is 0.134 e. The molecule has 2 heterocycles. The summed E-state index contributed by atoms with van der Waals surface area (Å²) in [5, 5.41) is 10.5. The van der Waals surface area contributed by atoms with Crippen LogP contribution in [0, 0.1) is 5.92 Å². The van der Waals surface area contributed by atoms with Crippen molar-refractivity contribution in [2.45, 2.75) is 63.9 Å². The highest BCUT2D eigenvalue weighted by molar-refractivity contribution is 5.95. The van der Waals surface area contributed by atoms with Crippen LogP contribution in [-0.2, 0) is 6.42 Å². The topological polar surface area (TPSA) is 84.9 Å². The molecule has 4 rings (SSSR count). The van der Waals surface area contributed by atoms with Crippen LogP contribution in [0.4, 0.5) is 5.82 Å². The van der Waals surface area contributed by atoms with E-state index >= 15 is 0 Å². The SMILES string of the molecule is C=C(Cc1ncc2c(N)ncc(C3=CCCCC3)c2n1)C1CCC(O)CC1. The third-order valence-corrected chi connectivity index (χ3v) is 6.00. The molecule has 2 aliphatic carbocycles. The number of nitrogens with two attached hydrogens (primary N) is 1. The Hall–Kier alpha value is -2.27. The summed E-state index contributed by atoms with van der Waals surface area (Å²) in [6, 6.07) is 0. The summed E-state index contributed by atoms with van der Waals surface area (Å²) in [5.41, 5.74) is 10.6. The van der Waals surface area contributed by atoms with Gasteiger partial charge in [0.1, 0.15) is 11.6 Å². The molecule has 0 amide bonds. The maximum atomic E-state index is 9.72. The summed E-state index contributed by atoms with van der Waals surface area (Å²) in [5.74, 6) is 1.73. The van der Waals surface area contributed by atoms with Crippen LogP contribution in [0.1, 0.15) is 62.8 Å². The number of nitrogen functional groups attached to an aromatic ring is 1. The zero-order chi connectivity index (χ0) is 18.8. The molecule has 2 aromatic rings. The molecule has 0 saturated heterocycles. The number of allylic oxidation sites excluding steroid dienone is 3. The smallest absolute Gasteiger partial charge is 0.134 e. The highest BCUT2D eigenvalue weighted by atomic mass is 16.3. The number of rotatable bonds is 4. The van der Waals surface area contributed by atoms with E-state index in [4.69, 9.17) is 10.7 Å². The molecule has 0 aromatic carbocycles. The number of anilines is 1. The van der Waals surface area contributed by atoms with Gasteiger partial charge in [0.25, 0.3) is 0 Å². The predicted octanol–water partition coefficient (Wildman–Crippen LogP) is 4.21. The Bertz CT molecular complexity index is 881. The van der Waals surface area contributed by atoms with Crippen molar-refractivity contribution in [1.82, 2.24) is 15.0 Å². The summed E-state index contributed by atoms with van der Waals surface area (Å²) in [7, 11) is 0. The molecule has 0 spiro atoms. The molecule has 3 N–H and O–H groups in total. The molecule has 1 saturated carbocycles. The molecular weight excluding hydrogens is 336 g/mol. The zero-order valence-corrected chi connectivity index (χ0v) is 15.8. The third kappa shape index (κ3) is 3.88. The summed E-state index contributed by atoms with van der Waals surface area (Å²) < 4.78 is 0. The molecule has 5 nitrogen and oxygen atoms in total. The highest BCUT2D eigenvalue weighted by Gasteiger charge is 2.22. The molecular formula is C22H28N4O. The van der Waals surface area contributed by atoms with Crippen molar-refractivity contribution in [3.63, 3.8) is 0 Å². The second kappa shape index (κ2) is 7.77. The van der Waals surface area contributed by atoms with Gasteiger partial charge in [-0.15, -0.1) is 0 Å². The van der Waals surface area contributed by atoms with E-state index < -0.39 is 0 Å². The summed E-state index contributed by atoms with van der Waals surface area (Å²) in [4.78, 5) is 13.8. The first-order valence-electron chi connectivity index (χ1n) is 10.1. The van der Waals surface area contributed by atoms with Crippen LogP contribution < -0.4 is 5.73 Å². The lowest BCUT2D eigenvalue weighted by Crippen LogP contribution is -2.20. The lowest BCUT2D eigenvalue weighted by molar-refractivity contribution is 0.115. The predicted molar refractivity (Wildman–Crippen MR) is 109 cm³/mol. The number of aliphatic hydroxyl groups excluding tert-OH is 1. The number of hydrogen-bond acceptors (Lipinski definition) is 5. The van der Waals surface area contributed by atoms with Crippen LogP contribution in [-0.4, -0.2) is 26.2 Å². The van der Waals surface area contributed by atoms with E-state index in [0.29, 0.717) is 18.2 Å². The Morgan fingerprint density at radius 3 is 2.70 bits per heavy atom. The van der Waals surface area contributed by atoms with E-state index in [0.717, 1.165) is 60.8 Å². The minimum Gasteiger partial charge on any atom is -0.393 e. The second-order valence-electron chi connectivity index (χ2n) is 7.92. The van der Waals surface area contributed by atoms with Gasteiger partial charge < -0.3 is 10.8 Å². The van der Waals surface area contributed by atoms with Crippen molar-refractivity contribution < 1.29 is 5.11 Å². The number of fused-ring (bicyclic) bond motifs is 1. The first-order valence-corrected chi connectivity index (χ1v) is 10.1. The average molecular weight is 364 g/mol. The van der Waals surface area contributed by atoms with Gasteiger partial charge in [-0.05, 0) is 62.9 Å². The first-order chi connectivity index (χ1) is 13.1. The number of pyridine rings is 1. The number of aromatic nitrogens is 3. The fourth-order valence-electron chi connectivity index (χ4n) is 4.31. The van der Waals surface area contributed by atoms with Crippen LogP contribution >= 0.6 is 0 Å². The van der Waals surface area contributed by atoms with E-state index in [1.54, 1.807) is 0 Å². The molecule has 142 valence electrons. The van der Waals surface area contributed by atoms with Gasteiger partial charge in [-0.25, -0.2) is 15.0 Å². The number of hydrogen-bond donors (Lipinski definition) is 2. The van der Waals surface area contributed by atoms with E-state index in [-0.39, 0.29) is 6.10 Å². The van der Waals surface area contributed by atoms with Gasteiger partial charge >= 0.3 is 0 Å². The molecule has 0 atom stereocenters. The van der Waals surface area contributed by atoms with Gasteiger partial charge in [0.2, 0.25) is 0 Å². The Morgan fingerprint density at radius 2 is 1.96 bits per heavy atom. The minimum absolute atomic E-state index is 0.146.